The van der Waals surface area contributed by atoms with Crippen molar-refractivity contribution in [2.45, 2.75) is 58.4 Å². The SMILES string of the molecule is CC(C)CS(=O)(=O)CCC(=O)N[C@@H]1C[C@H]2C[C@H]1[C@@H]1CCC[C@@H]21. The maximum Gasteiger partial charge on any atom is 0.221 e. The second-order valence-electron chi connectivity index (χ2n) is 8.09. The Labute approximate surface area is 134 Å². The molecule has 3 saturated carbocycles. The van der Waals surface area contributed by atoms with Crippen molar-refractivity contribution in [3.8, 4) is 0 Å². The third kappa shape index (κ3) is 3.34. The predicted molar refractivity (Wildman–Crippen MR) is 87.1 cm³/mol. The van der Waals surface area contributed by atoms with Crippen LogP contribution >= 0.6 is 0 Å². The normalized spacial score (nSPS) is 36.8. The molecule has 0 spiro atoms. The van der Waals surface area contributed by atoms with Gasteiger partial charge < -0.3 is 5.32 Å². The van der Waals surface area contributed by atoms with Gasteiger partial charge in [0.15, 0.2) is 9.84 Å². The second-order valence-corrected chi connectivity index (χ2v) is 10.3. The highest BCUT2D eigenvalue weighted by Gasteiger charge is 2.53. The number of amides is 1. The van der Waals surface area contributed by atoms with Gasteiger partial charge in [0, 0.05) is 12.5 Å². The first-order chi connectivity index (χ1) is 10.4. The molecule has 4 nitrogen and oxygen atoms in total. The summed E-state index contributed by atoms with van der Waals surface area (Å²) in [6.45, 7) is 3.79. The van der Waals surface area contributed by atoms with Crippen LogP contribution in [0, 0.1) is 29.6 Å². The molecule has 5 atom stereocenters. The van der Waals surface area contributed by atoms with Crippen molar-refractivity contribution in [2.75, 3.05) is 11.5 Å². The summed E-state index contributed by atoms with van der Waals surface area (Å²) in [6, 6.07) is 0.310. The maximum atomic E-state index is 12.1. The van der Waals surface area contributed by atoms with Crippen LogP contribution in [0.25, 0.3) is 0 Å². The highest BCUT2D eigenvalue weighted by atomic mass is 32.2. The lowest BCUT2D eigenvalue weighted by Gasteiger charge is -2.32. The van der Waals surface area contributed by atoms with Gasteiger partial charge in [0.05, 0.1) is 11.5 Å². The van der Waals surface area contributed by atoms with Crippen LogP contribution in [-0.4, -0.2) is 31.9 Å². The second kappa shape index (κ2) is 6.14. The fourth-order valence-corrected chi connectivity index (χ4v) is 7.03. The van der Waals surface area contributed by atoms with E-state index in [9.17, 15) is 13.2 Å². The number of rotatable bonds is 6. The van der Waals surface area contributed by atoms with Crippen LogP contribution in [0.5, 0.6) is 0 Å². The van der Waals surface area contributed by atoms with Crippen LogP contribution in [0.1, 0.15) is 52.4 Å². The van der Waals surface area contributed by atoms with E-state index in [2.05, 4.69) is 5.32 Å². The van der Waals surface area contributed by atoms with Gasteiger partial charge >= 0.3 is 0 Å². The van der Waals surface area contributed by atoms with Crippen molar-refractivity contribution in [3.05, 3.63) is 0 Å². The molecule has 126 valence electrons. The van der Waals surface area contributed by atoms with Crippen molar-refractivity contribution in [1.82, 2.24) is 5.32 Å². The van der Waals surface area contributed by atoms with E-state index in [0.29, 0.717) is 12.0 Å². The smallest absolute Gasteiger partial charge is 0.221 e. The Bertz CT molecular complexity index is 528. The Morgan fingerprint density at radius 3 is 2.59 bits per heavy atom. The van der Waals surface area contributed by atoms with Gasteiger partial charge in [-0.25, -0.2) is 8.42 Å². The standard InChI is InChI=1S/C17H29NO3S/c1-11(2)10-22(20,21)7-6-17(19)18-16-9-12-8-15(16)14-5-3-4-13(12)14/h11-16H,3-10H2,1-2H3,(H,18,19)/t12-,13+,14-,15+,16-/m1/s1. The summed E-state index contributed by atoms with van der Waals surface area (Å²) in [5.74, 6) is 3.44. The number of nitrogens with one attached hydrogen (secondary N) is 1. The van der Waals surface area contributed by atoms with Crippen LogP contribution in [0.4, 0.5) is 0 Å². The van der Waals surface area contributed by atoms with Crippen LogP contribution in [0.2, 0.25) is 0 Å². The molecule has 0 radical (unpaired) electrons. The molecule has 0 heterocycles. The van der Waals surface area contributed by atoms with Gasteiger partial charge in [0.2, 0.25) is 5.91 Å². The number of sulfone groups is 1. The van der Waals surface area contributed by atoms with Crippen LogP contribution in [0.15, 0.2) is 0 Å². The minimum atomic E-state index is -3.09. The molecule has 3 aliphatic carbocycles. The molecule has 1 amide bonds. The van der Waals surface area contributed by atoms with E-state index in [-0.39, 0.29) is 29.8 Å². The number of hydrogen-bond acceptors (Lipinski definition) is 3. The Morgan fingerprint density at radius 1 is 1.14 bits per heavy atom. The van der Waals surface area contributed by atoms with Crippen molar-refractivity contribution >= 4 is 15.7 Å². The molecule has 0 aromatic rings. The van der Waals surface area contributed by atoms with Gasteiger partial charge in [-0.3, -0.25) is 4.79 Å². The van der Waals surface area contributed by atoms with Crippen LogP contribution < -0.4 is 5.32 Å². The maximum absolute atomic E-state index is 12.1. The first kappa shape index (κ1) is 16.3. The molecule has 3 aliphatic rings. The predicted octanol–water partition coefficient (Wildman–Crippen LogP) is 2.39. The summed E-state index contributed by atoms with van der Waals surface area (Å²) in [5.41, 5.74) is 0. The molecule has 0 aromatic heterocycles. The van der Waals surface area contributed by atoms with E-state index >= 15 is 0 Å². The first-order valence-corrected chi connectivity index (χ1v) is 10.7. The molecular weight excluding hydrogens is 298 g/mol. The van der Waals surface area contributed by atoms with Crippen LogP contribution in [0.3, 0.4) is 0 Å². The van der Waals surface area contributed by atoms with Gasteiger partial charge in [-0.15, -0.1) is 0 Å². The summed E-state index contributed by atoms with van der Waals surface area (Å²) in [4.78, 5) is 12.1. The molecule has 1 N–H and O–H groups in total. The average Bonchev–Trinajstić information content (AvgIpc) is 3.06. The number of hydrogen-bond donors (Lipinski definition) is 1. The Hall–Kier alpha value is -0.580. The zero-order valence-corrected chi connectivity index (χ0v) is 14.6. The fraction of sp³-hybridized carbons (Fsp3) is 0.941. The quantitative estimate of drug-likeness (QED) is 0.815. The Morgan fingerprint density at radius 2 is 1.86 bits per heavy atom. The topological polar surface area (TPSA) is 63.2 Å². The van der Waals surface area contributed by atoms with E-state index in [1.54, 1.807) is 0 Å². The highest BCUT2D eigenvalue weighted by molar-refractivity contribution is 7.91. The molecule has 0 saturated heterocycles. The van der Waals surface area contributed by atoms with Gasteiger partial charge in [-0.2, -0.15) is 0 Å². The average molecular weight is 327 g/mol. The monoisotopic (exact) mass is 327 g/mol. The number of carbonyl (C=O) groups is 1. The zero-order chi connectivity index (χ0) is 15.9. The minimum Gasteiger partial charge on any atom is -0.353 e. The third-order valence-corrected chi connectivity index (χ3v) is 8.00. The highest BCUT2D eigenvalue weighted by Crippen LogP contribution is 2.58. The van der Waals surface area contributed by atoms with E-state index in [1.807, 2.05) is 13.8 Å². The lowest BCUT2D eigenvalue weighted by atomic mass is 9.79. The molecule has 22 heavy (non-hydrogen) atoms. The Balaban J connectivity index is 1.47. The zero-order valence-electron chi connectivity index (χ0n) is 13.8. The molecule has 0 aliphatic heterocycles. The summed E-state index contributed by atoms with van der Waals surface area (Å²) in [6.07, 6.45) is 6.61. The molecule has 3 fully saturated rings. The summed E-state index contributed by atoms with van der Waals surface area (Å²) in [5, 5.41) is 3.15. The molecule has 3 rings (SSSR count). The molecule has 5 heteroatoms. The largest absolute Gasteiger partial charge is 0.353 e. The number of carbonyl (C=O) groups excluding carboxylic acids is 1. The molecule has 0 aromatic carbocycles. The van der Waals surface area contributed by atoms with Gasteiger partial charge in [0.1, 0.15) is 0 Å². The van der Waals surface area contributed by atoms with E-state index < -0.39 is 9.84 Å². The van der Waals surface area contributed by atoms with Crippen molar-refractivity contribution in [1.29, 1.82) is 0 Å². The molecular formula is C17H29NO3S. The number of fused-ring (bicyclic) bond motifs is 5. The Kier molecular flexibility index (Phi) is 4.54. The van der Waals surface area contributed by atoms with E-state index in [1.165, 1.54) is 25.7 Å². The van der Waals surface area contributed by atoms with Crippen molar-refractivity contribution in [3.63, 3.8) is 0 Å². The van der Waals surface area contributed by atoms with Crippen LogP contribution in [-0.2, 0) is 14.6 Å². The van der Waals surface area contributed by atoms with Gasteiger partial charge in [0.25, 0.3) is 0 Å². The first-order valence-electron chi connectivity index (χ1n) is 8.85. The summed E-state index contributed by atoms with van der Waals surface area (Å²) >= 11 is 0. The fourth-order valence-electron chi connectivity index (χ4n) is 5.35. The van der Waals surface area contributed by atoms with E-state index in [4.69, 9.17) is 0 Å². The third-order valence-electron chi connectivity index (χ3n) is 6.00. The summed E-state index contributed by atoms with van der Waals surface area (Å²) in [7, 11) is -3.09. The summed E-state index contributed by atoms with van der Waals surface area (Å²) < 4.78 is 23.8. The van der Waals surface area contributed by atoms with Crippen molar-refractivity contribution < 1.29 is 13.2 Å². The lowest BCUT2D eigenvalue weighted by molar-refractivity contribution is -0.121. The van der Waals surface area contributed by atoms with Crippen molar-refractivity contribution in [2.24, 2.45) is 29.6 Å². The lowest BCUT2D eigenvalue weighted by Crippen LogP contribution is -2.43. The van der Waals surface area contributed by atoms with Gasteiger partial charge in [-0.1, -0.05) is 20.3 Å². The molecule has 2 bridgehead atoms. The minimum absolute atomic E-state index is 0.0100. The molecule has 0 unspecified atom stereocenters. The van der Waals surface area contributed by atoms with E-state index in [0.717, 1.165) is 24.2 Å². The van der Waals surface area contributed by atoms with Gasteiger partial charge in [-0.05, 0) is 55.3 Å².